The molecule has 1 aliphatic rings. The van der Waals surface area contributed by atoms with E-state index in [0.29, 0.717) is 18.6 Å². The van der Waals surface area contributed by atoms with Gasteiger partial charge in [0.1, 0.15) is 24.1 Å². The fourth-order valence-corrected chi connectivity index (χ4v) is 4.88. The van der Waals surface area contributed by atoms with Crippen LogP contribution in [0, 0.1) is 6.92 Å². The van der Waals surface area contributed by atoms with Crippen molar-refractivity contribution in [3.8, 4) is 10.6 Å². The molecule has 3 aromatic heterocycles. The second-order valence-corrected chi connectivity index (χ2v) is 9.10. The van der Waals surface area contributed by atoms with E-state index in [-0.39, 0.29) is 24.1 Å². The lowest BCUT2D eigenvalue weighted by molar-refractivity contribution is -0.132. The number of amides is 1. The summed E-state index contributed by atoms with van der Waals surface area (Å²) in [6, 6.07) is 14.3. The molecule has 0 aliphatic carbocycles. The minimum Gasteiger partial charge on any atom is -0.365 e. The standard InChI is InChI=1S/C23H24N6O2S/c1-16-5-3-6-18(11-16)27-9-8-26(13-17(27)2)22(30)14-28-23(31)20-12-19(21-7-4-10-32-21)25-29(20)15-24-28/h3-7,10-12,15,17H,8-9,13-14H2,1-2H3. The van der Waals surface area contributed by atoms with E-state index in [0.717, 1.165) is 17.1 Å². The summed E-state index contributed by atoms with van der Waals surface area (Å²) < 4.78 is 2.70. The molecule has 0 spiro atoms. The zero-order valence-electron chi connectivity index (χ0n) is 18.0. The predicted octanol–water partition coefficient (Wildman–Crippen LogP) is 2.67. The van der Waals surface area contributed by atoms with Crippen LogP contribution in [0.25, 0.3) is 16.1 Å². The topological polar surface area (TPSA) is 75.7 Å². The third-order valence-electron chi connectivity index (χ3n) is 5.86. The molecule has 9 heteroatoms. The highest BCUT2D eigenvalue weighted by atomic mass is 32.1. The first-order valence-corrected chi connectivity index (χ1v) is 11.5. The molecule has 1 amide bonds. The maximum atomic E-state index is 13.0. The predicted molar refractivity (Wildman–Crippen MR) is 125 cm³/mol. The molecule has 1 saturated heterocycles. The first kappa shape index (κ1) is 20.4. The first-order valence-electron chi connectivity index (χ1n) is 10.6. The van der Waals surface area contributed by atoms with Gasteiger partial charge in [0.15, 0.2) is 0 Å². The van der Waals surface area contributed by atoms with Crippen molar-refractivity contribution in [2.45, 2.75) is 26.4 Å². The largest absolute Gasteiger partial charge is 0.365 e. The lowest BCUT2D eigenvalue weighted by atomic mass is 10.1. The van der Waals surface area contributed by atoms with Crippen molar-refractivity contribution in [1.82, 2.24) is 24.3 Å². The average molecular weight is 449 g/mol. The Morgan fingerprint density at radius 3 is 2.81 bits per heavy atom. The van der Waals surface area contributed by atoms with Gasteiger partial charge in [-0.1, -0.05) is 18.2 Å². The number of nitrogens with zero attached hydrogens (tertiary/aromatic N) is 6. The highest BCUT2D eigenvalue weighted by Crippen LogP contribution is 2.24. The van der Waals surface area contributed by atoms with Gasteiger partial charge in [0, 0.05) is 31.4 Å². The average Bonchev–Trinajstić information content (AvgIpc) is 3.45. The van der Waals surface area contributed by atoms with Crippen LogP contribution in [0.1, 0.15) is 12.5 Å². The summed E-state index contributed by atoms with van der Waals surface area (Å²) in [5.41, 5.74) is 3.21. The van der Waals surface area contributed by atoms with E-state index in [1.54, 1.807) is 17.4 Å². The Labute approximate surface area is 189 Å². The van der Waals surface area contributed by atoms with Gasteiger partial charge in [-0.2, -0.15) is 10.2 Å². The summed E-state index contributed by atoms with van der Waals surface area (Å²) >= 11 is 1.56. The number of rotatable bonds is 4. The first-order chi connectivity index (χ1) is 15.5. The van der Waals surface area contributed by atoms with Crippen molar-refractivity contribution in [1.29, 1.82) is 0 Å². The van der Waals surface area contributed by atoms with Gasteiger partial charge in [-0.25, -0.2) is 9.20 Å². The fourth-order valence-electron chi connectivity index (χ4n) is 4.20. The van der Waals surface area contributed by atoms with E-state index < -0.39 is 0 Å². The van der Waals surface area contributed by atoms with E-state index in [9.17, 15) is 9.59 Å². The summed E-state index contributed by atoms with van der Waals surface area (Å²) in [4.78, 5) is 31.0. The molecule has 4 aromatic rings. The maximum Gasteiger partial charge on any atom is 0.293 e. The van der Waals surface area contributed by atoms with Crippen LogP contribution >= 0.6 is 11.3 Å². The zero-order valence-corrected chi connectivity index (χ0v) is 18.8. The van der Waals surface area contributed by atoms with Crippen LogP contribution in [-0.2, 0) is 11.3 Å². The van der Waals surface area contributed by atoms with Crippen molar-refractivity contribution in [2.75, 3.05) is 24.5 Å². The minimum absolute atomic E-state index is 0.0774. The Morgan fingerprint density at radius 1 is 1.19 bits per heavy atom. The van der Waals surface area contributed by atoms with Crippen LogP contribution in [0.3, 0.4) is 0 Å². The Hall–Kier alpha value is -3.46. The molecular formula is C23H24N6O2S. The van der Waals surface area contributed by atoms with Crippen LogP contribution < -0.4 is 10.5 Å². The Kier molecular flexibility index (Phi) is 5.26. The van der Waals surface area contributed by atoms with Crippen molar-refractivity contribution in [3.05, 3.63) is 70.1 Å². The van der Waals surface area contributed by atoms with E-state index in [4.69, 9.17) is 0 Å². The van der Waals surface area contributed by atoms with Gasteiger partial charge < -0.3 is 9.80 Å². The van der Waals surface area contributed by atoms with Crippen molar-refractivity contribution >= 4 is 28.4 Å². The lowest BCUT2D eigenvalue weighted by Gasteiger charge is -2.41. The monoisotopic (exact) mass is 448 g/mol. The molecule has 32 heavy (non-hydrogen) atoms. The normalized spacial score (nSPS) is 16.6. The number of piperazine rings is 1. The molecule has 1 atom stereocenters. The molecule has 0 N–H and O–H groups in total. The van der Waals surface area contributed by atoms with Crippen LogP contribution in [0.15, 0.2) is 59.0 Å². The Morgan fingerprint density at radius 2 is 2.06 bits per heavy atom. The highest BCUT2D eigenvalue weighted by molar-refractivity contribution is 7.13. The van der Waals surface area contributed by atoms with Crippen LogP contribution in [0.2, 0.25) is 0 Å². The number of carbonyl (C=O) groups excluding carboxylic acids is 1. The summed E-state index contributed by atoms with van der Waals surface area (Å²) in [5, 5.41) is 10.6. The van der Waals surface area contributed by atoms with Gasteiger partial charge in [-0.3, -0.25) is 9.59 Å². The number of aromatic nitrogens is 4. The summed E-state index contributed by atoms with van der Waals surface area (Å²) in [7, 11) is 0. The summed E-state index contributed by atoms with van der Waals surface area (Å²) in [6.45, 7) is 6.11. The third-order valence-corrected chi connectivity index (χ3v) is 6.75. The van der Waals surface area contributed by atoms with Gasteiger partial charge in [0.25, 0.3) is 5.56 Å². The second kappa shape index (κ2) is 8.23. The zero-order chi connectivity index (χ0) is 22.2. The Balaban J connectivity index is 1.31. The molecule has 5 rings (SSSR count). The molecule has 0 radical (unpaired) electrons. The molecule has 1 unspecified atom stereocenters. The lowest BCUT2D eigenvalue weighted by Crippen LogP contribution is -2.54. The van der Waals surface area contributed by atoms with Crippen LogP contribution in [-0.4, -0.2) is 55.9 Å². The summed E-state index contributed by atoms with van der Waals surface area (Å²) in [5.74, 6) is -0.0994. The molecular weight excluding hydrogens is 424 g/mol. The number of fused-ring (bicyclic) bond motifs is 1. The third kappa shape index (κ3) is 3.80. The SMILES string of the molecule is Cc1cccc(N2CCN(C(=O)Cn3ncn4nc(-c5cccs5)cc4c3=O)CC2C)c1. The molecule has 1 aliphatic heterocycles. The number of aryl methyl sites for hydroxylation is 1. The van der Waals surface area contributed by atoms with Gasteiger partial charge in [-0.05, 0) is 49.1 Å². The Bertz CT molecular complexity index is 1330. The maximum absolute atomic E-state index is 13.0. The number of benzene rings is 1. The van der Waals surface area contributed by atoms with Crippen LogP contribution in [0.4, 0.5) is 5.69 Å². The van der Waals surface area contributed by atoms with Gasteiger partial charge in [-0.15, -0.1) is 11.3 Å². The van der Waals surface area contributed by atoms with E-state index in [1.807, 2.05) is 22.4 Å². The molecule has 164 valence electrons. The number of thiophene rings is 1. The molecule has 8 nitrogen and oxygen atoms in total. The molecule has 1 fully saturated rings. The van der Waals surface area contributed by atoms with E-state index >= 15 is 0 Å². The van der Waals surface area contributed by atoms with Crippen LogP contribution in [0.5, 0.6) is 0 Å². The number of anilines is 1. The molecule has 4 heterocycles. The molecule has 0 bridgehead atoms. The number of hydrogen-bond acceptors (Lipinski definition) is 6. The van der Waals surface area contributed by atoms with Gasteiger partial charge in [0.2, 0.25) is 5.91 Å². The number of hydrogen-bond donors (Lipinski definition) is 0. The fraction of sp³-hybridized carbons (Fsp3) is 0.304. The molecule has 0 saturated carbocycles. The van der Waals surface area contributed by atoms with Gasteiger partial charge in [0.05, 0.1) is 4.88 Å². The van der Waals surface area contributed by atoms with Crippen molar-refractivity contribution in [3.63, 3.8) is 0 Å². The van der Waals surface area contributed by atoms with E-state index in [1.165, 1.54) is 26.8 Å². The molecule has 1 aromatic carbocycles. The van der Waals surface area contributed by atoms with Crippen molar-refractivity contribution < 1.29 is 4.79 Å². The number of carbonyl (C=O) groups is 1. The highest BCUT2D eigenvalue weighted by Gasteiger charge is 2.27. The van der Waals surface area contributed by atoms with E-state index in [2.05, 4.69) is 53.2 Å². The quantitative estimate of drug-likeness (QED) is 0.480. The second-order valence-electron chi connectivity index (χ2n) is 8.15. The smallest absolute Gasteiger partial charge is 0.293 e. The van der Waals surface area contributed by atoms with Gasteiger partial charge >= 0.3 is 0 Å². The summed E-state index contributed by atoms with van der Waals surface area (Å²) in [6.07, 6.45) is 1.49. The minimum atomic E-state index is -0.317. The van der Waals surface area contributed by atoms with Crippen molar-refractivity contribution in [2.24, 2.45) is 0 Å².